The summed E-state index contributed by atoms with van der Waals surface area (Å²) in [5, 5.41) is 43.1. The van der Waals surface area contributed by atoms with E-state index in [4.69, 9.17) is 0 Å². The number of aliphatic hydroxyl groups excluding tert-OH is 4. The van der Waals surface area contributed by atoms with Crippen molar-refractivity contribution in [3.8, 4) is 0 Å². The molecule has 0 aliphatic heterocycles. The van der Waals surface area contributed by atoms with Gasteiger partial charge in [0.25, 0.3) is 0 Å². The standard InChI is InChI=1S/C33H61NO5/c1-3-5-7-9-11-13-15-16-17-19-20-22-24-26-30(36)32(38)29(28-35)34-33(39)31(37)27-25-23-21-18-14-12-10-8-6-4-2/h10,12-13,15,19-20,29-32,35-38H,3-9,11,14,16-18,21-28H2,1-2H3,(H,34,39)/b12-10-,15-13+,20-19+. The van der Waals surface area contributed by atoms with Gasteiger partial charge in [0, 0.05) is 0 Å². The van der Waals surface area contributed by atoms with E-state index in [1.54, 1.807) is 0 Å². The molecule has 4 atom stereocenters. The van der Waals surface area contributed by atoms with Crippen LogP contribution in [0, 0.1) is 0 Å². The number of hydrogen-bond donors (Lipinski definition) is 5. The van der Waals surface area contributed by atoms with E-state index >= 15 is 0 Å². The number of hydrogen-bond acceptors (Lipinski definition) is 5. The lowest BCUT2D eigenvalue weighted by Gasteiger charge is -2.27. The molecule has 39 heavy (non-hydrogen) atoms. The topological polar surface area (TPSA) is 110 Å². The van der Waals surface area contributed by atoms with Gasteiger partial charge in [-0.1, -0.05) is 102 Å². The Hall–Kier alpha value is -1.47. The van der Waals surface area contributed by atoms with Crippen LogP contribution in [0.3, 0.4) is 0 Å². The van der Waals surface area contributed by atoms with Gasteiger partial charge in [-0.2, -0.15) is 0 Å². The summed E-state index contributed by atoms with van der Waals surface area (Å²) in [5.41, 5.74) is 0. The molecular formula is C33H61NO5. The molecule has 5 N–H and O–H groups in total. The third-order valence-corrected chi connectivity index (χ3v) is 7.05. The number of unbranched alkanes of at least 4 members (excludes halogenated alkanes) is 12. The highest BCUT2D eigenvalue weighted by molar-refractivity contribution is 5.80. The fraction of sp³-hybridized carbons (Fsp3) is 0.788. The zero-order valence-electron chi connectivity index (χ0n) is 25.1. The summed E-state index contributed by atoms with van der Waals surface area (Å²) >= 11 is 0. The lowest BCUT2D eigenvalue weighted by atomic mass is 10.00. The highest BCUT2D eigenvalue weighted by Crippen LogP contribution is 2.12. The highest BCUT2D eigenvalue weighted by Gasteiger charge is 2.28. The Labute approximate surface area is 239 Å². The highest BCUT2D eigenvalue weighted by atomic mass is 16.3. The number of rotatable bonds is 27. The normalized spacial score (nSPS) is 15.3. The first kappa shape index (κ1) is 37.5. The van der Waals surface area contributed by atoms with E-state index in [0.717, 1.165) is 64.2 Å². The van der Waals surface area contributed by atoms with E-state index in [0.29, 0.717) is 19.3 Å². The van der Waals surface area contributed by atoms with Crippen molar-refractivity contribution >= 4 is 5.91 Å². The quantitative estimate of drug-likeness (QED) is 0.0579. The lowest BCUT2D eigenvalue weighted by molar-refractivity contribution is -0.132. The van der Waals surface area contributed by atoms with E-state index < -0.39 is 36.9 Å². The minimum absolute atomic E-state index is 0.343. The number of amides is 1. The molecule has 0 heterocycles. The van der Waals surface area contributed by atoms with Gasteiger partial charge >= 0.3 is 0 Å². The summed E-state index contributed by atoms with van der Waals surface area (Å²) in [6.07, 6.45) is 28.8. The lowest BCUT2D eigenvalue weighted by Crippen LogP contribution is -2.53. The summed E-state index contributed by atoms with van der Waals surface area (Å²) in [5.74, 6) is -0.614. The van der Waals surface area contributed by atoms with Crippen LogP contribution in [-0.4, -0.2) is 57.3 Å². The Morgan fingerprint density at radius 3 is 1.67 bits per heavy atom. The van der Waals surface area contributed by atoms with Crippen molar-refractivity contribution in [2.75, 3.05) is 6.61 Å². The van der Waals surface area contributed by atoms with Gasteiger partial charge in [-0.15, -0.1) is 0 Å². The van der Waals surface area contributed by atoms with Gasteiger partial charge in [0.05, 0.1) is 18.8 Å². The maximum Gasteiger partial charge on any atom is 0.249 e. The third-order valence-electron chi connectivity index (χ3n) is 7.05. The summed E-state index contributed by atoms with van der Waals surface area (Å²) in [7, 11) is 0. The molecule has 1 amide bonds. The zero-order valence-corrected chi connectivity index (χ0v) is 25.1. The van der Waals surface area contributed by atoms with Crippen LogP contribution in [0.4, 0.5) is 0 Å². The molecule has 0 spiro atoms. The molecule has 0 aromatic carbocycles. The zero-order chi connectivity index (χ0) is 29.0. The van der Waals surface area contributed by atoms with Crippen LogP contribution >= 0.6 is 0 Å². The van der Waals surface area contributed by atoms with Gasteiger partial charge in [-0.25, -0.2) is 0 Å². The molecular weight excluding hydrogens is 490 g/mol. The molecule has 0 rings (SSSR count). The minimum Gasteiger partial charge on any atom is -0.394 e. The van der Waals surface area contributed by atoms with Crippen molar-refractivity contribution in [1.29, 1.82) is 0 Å². The van der Waals surface area contributed by atoms with Crippen LogP contribution in [0.5, 0.6) is 0 Å². The smallest absolute Gasteiger partial charge is 0.249 e. The predicted molar refractivity (Wildman–Crippen MR) is 164 cm³/mol. The monoisotopic (exact) mass is 551 g/mol. The number of aliphatic hydroxyl groups is 4. The number of allylic oxidation sites excluding steroid dienone is 6. The minimum atomic E-state index is -1.29. The molecule has 4 unspecified atom stereocenters. The Balaban J connectivity index is 4.01. The van der Waals surface area contributed by atoms with Crippen LogP contribution < -0.4 is 5.32 Å². The second-order valence-corrected chi connectivity index (χ2v) is 10.8. The molecule has 0 radical (unpaired) electrons. The largest absolute Gasteiger partial charge is 0.394 e. The van der Waals surface area contributed by atoms with Crippen molar-refractivity contribution in [3.05, 3.63) is 36.5 Å². The summed E-state index contributed by atoms with van der Waals surface area (Å²) < 4.78 is 0. The molecule has 0 aliphatic rings. The van der Waals surface area contributed by atoms with Crippen LogP contribution in [-0.2, 0) is 4.79 Å². The molecule has 0 fully saturated rings. The first-order valence-electron chi connectivity index (χ1n) is 15.9. The number of carbonyl (C=O) groups is 1. The van der Waals surface area contributed by atoms with Crippen molar-refractivity contribution in [2.45, 2.75) is 160 Å². The van der Waals surface area contributed by atoms with Crippen molar-refractivity contribution in [2.24, 2.45) is 0 Å². The van der Waals surface area contributed by atoms with Crippen LogP contribution in [0.15, 0.2) is 36.5 Å². The van der Waals surface area contributed by atoms with E-state index in [2.05, 4.69) is 55.6 Å². The Bertz CT molecular complexity index is 634. The molecule has 0 bridgehead atoms. The summed E-state index contributed by atoms with van der Waals surface area (Å²) in [6.45, 7) is 3.91. The van der Waals surface area contributed by atoms with E-state index in [9.17, 15) is 25.2 Å². The Morgan fingerprint density at radius 2 is 1.10 bits per heavy atom. The Kier molecular flexibility index (Phi) is 27.0. The van der Waals surface area contributed by atoms with Gasteiger partial charge in [0.2, 0.25) is 5.91 Å². The van der Waals surface area contributed by atoms with Gasteiger partial charge in [0.15, 0.2) is 0 Å². The summed E-state index contributed by atoms with van der Waals surface area (Å²) in [4.78, 5) is 12.3. The average Bonchev–Trinajstić information content (AvgIpc) is 2.94. The first-order chi connectivity index (χ1) is 19.0. The molecule has 6 nitrogen and oxygen atoms in total. The van der Waals surface area contributed by atoms with Gasteiger partial charge < -0.3 is 25.7 Å². The third kappa shape index (κ3) is 23.0. The molecule has 0 aromatic rings. The average molecular weight is 552 g/mol. The van der Waals surface area contributed by atoms with Crippen molar-refractivity contribution < 1.29 is 25.2 Å². The van der Waals surface area contributed by atoms with Crippen LogP contribution in [0.1, 0.15) is 136 Å². The van der Waals surface area contributed by atoms with Gasteiger partial charge in [-0.3, -0.25) is 4.79 Å². The van der Waals surface area contributed by atoms with E-state index in [1.165, 1.54) is 38.5 Å². The molecule has 228 valence electrons. The predicted octanol–water partition coefficient (Wildman–Crippen LogP) is 6.67. The maximum absolute atomic E-state index is 12.3. The molecule has 0 saturated heterocycles. The van der Waals surface area contributed by atoms with Crippen LogP contribution in [0.25, 0.3) is 0 Å². The Morgan fingerprint density at radius 1 is 0.615 bits per heavy atom. The van der Waals surface area contributed by atoms with E-state index in [1.807, 2.05) is 0 Å². The van der Waals surface area contributed by atoms with Gasteiger partial charge in [0.1, 0.15) is 12.2 Å². The fourth-order valence-electron chi connectivity index (χ4n) is 4.40. The fourth-order valence-corrected chi connectivity index (χ4v) is 4.40. The second kappa shape index (κ2) is 28.1. The molecule has 0 aliphatic carbocycles. The van der Waals surface area contributed by atoms with Crippen molar-refractivity contribution in [3.63, 3.8) is 0 Å². The van der Waals surface area contributed by atoms with Gasteiger partial charge in [-0.05, 0) is 70.6 Å². The first-order valence-corrected chi connectivity index (χ1v) is 15.9. The van der Waals surface area contributed by atoms with Crippen molar-refractivity contribution in [1.82, 2.24) is 5.32 Å². The van der Waals surface area contributed by atoms with Crippen LogP contribution in [0.2, 0.25) is 0 Å². The summed E-state index contributed by atoms with van der Waals surface area (Å²) in [6, 6.07) is -1.01. The maximum atomic E-state index is 12.3. The number of carbonyl (C=O) groups excluding carboxylic acids is 1. The molecule has 0 saturated carbocycles. The molecule has 0 aromatic heterocycles. The van der Waals surface area contributed by atoms with E-state index in [-0.39, 0.29) is 0 Å². The molecule has 6 heteroatoms. The number of nitrogens with one attached hydrogen (secondary N) is 1. The SMILES string of the molecule is CCCC/C=C\CCCCCCC(O)C(=O)NC(CO)C(O)C(O)CCC/C=C/CC/C=C/CCCCCC. The second-order valence-electron chi connectivity index (χ2n) is 10.8.